The number of fused-ring (bicyclic) bond motifs is 9. The fourth-order valence-electron chi connectivity index (χ4n) is 13.2. The van der Waals surface area contributed by atoms with Gasteiger partial charge in [0.1, 0.15) is 5.58 Å². The highest BCUT2D eigenvalue weighted by Crippen LogP contribution is 2.54. The first-order chi connectivity index (χ1) is 30.2. The Hall–Kier alpha value is -4.70. The maximum atomic E-state index is 7.56. The number of hydrogen-bond acceptors (Lipinski definition) is 3. The van der Waals surface area contributed by atoms with Gasteiger partial charge < -0.3 is 9.32 Å². The lowest BCUT2D eigenvalue weighted by Crippen LogP contribution is -2.61. The molecule has 0 bridgehead atoms. The van der Waals surface area contributed by atoms with Crippen LogP contribution in [-0.4, -0.2) is 6.71 Å². The third-order valence-electron chi connectivity index (χ3n) is 17.9. The second-order valence-electron chi connectivity index (χ2n) is 26.3. The van der Waals surface area contributed by atoms with Crippen molar-refractivity contribution in [2.45, 2.75) is 187 Å². The smallest absolute Gasteiger partial charge is 0.257 e. The van der Waals surface area contributed by atoms with Crippen LogP contribution in [0.2, 0.25) is 0 Å². The first-order valence-corrected chi connectivity index (χ1v) is 25.0. The molecule has 65 heavy (non-hydrogen) atoms. The Morgan fingerprint density at radius 2 is 0.908 bits per heavy atom. The van der Waals surface area contributed by atoms with Gasteiger partial charge in [-0.3, -0.25) is 4.90 Å². The van der Waals surface area contributed by atoms with Crippen LogP contribution in [0.25, 0.3) is 11.0 Å². The standard InChI is InChI=1S/C61H73BN2O/c1-36-29-49-53-50(30-36)64(39-19-21-42-44(33-39)59(11,12)26-24-57(42,7)8)54-52(40-34-45-46(35-51(40)65-54)61(15,16)28-27-60(45,13)14)62(53)47-31-37(55(2,3)4)17-22-48(47)63(49)38-18-20-41-43(32-38)58(9,10)25-23-56(41,5)6/h17-22,29-35H,23-28H2,1-16H3. The molecular formula is C61H73BN2O. The van der Waals surface area contributed by atoms with Gasteiger partial charge in [-0.15, -0.1) is 0 Å². The molecule has 0 saturated carbocycles. The molecule has 6 aromatic rings. The van der Waals surface area contributed by atoms with E-state index in [4.69, 9.17) is 4.42 Å². The third kappa shape index (κ3) is 6.19. The number of furan rings is 1. The van der Waals surface area contributed by atoms with Crippen LogP contribution >= 0.6 is 0 Å². The Morgan fingerprint density at radius 1 is 0.462 bits per heavy atom. The van der Waals surface area contributed by atoms with E-state index in [2.05, 4.69) is 199 Å². The maximum Gasteiger partial charge on any atom is 0.257 e. The molecule has 0 radical (unpaired) electrons. The van der Waals surface area contributed by atoms with Crippen LogP contribution in [0.3, 0.4) is 0 Å². The van der Waals surface area contributed by atoms with Crippen molar-refractivity contribution < 1.29 is 4.42 Å². The van der Waals surface area contributed by atoms with Gasteiger partial charge in [0, 0.05) is 39.3 Å². The van der Waals surface area contributed by atoms with E-state index in [0.717, 1.165) is 11.5 Å². The molecule has 5 aliphatic rings. The zero-order valence-corrected chi connectivity index (χ0v) is 42.6. The fraction of sp³-hybridized carbons (Fsp3) is 0.475. The molecule has 5 aromatic carbocycles. The van der Waals surface area contributed by atoms with E-state index in [1.54, 1.807) is 0 Å². The summed E-state index contributed by atoms with van der Waals surface area (Å²) in [7, 11) is 0. The normalized spacial score (nSPS) is 21.2. The largest absolute Gasteiger partial charge is 0.440 e. The molecule has 2 aliphatic heterocycles. The van der Waals surface area contributed by atoms with Gasteiger partial charge in [0.2, 0.25) is 5.88 Å². The molecule has 3 nitrogen and oxygen atoms in total. The van der Waals surface area contributed by atoms with Crippen LogP contribution < -0.4 is 26.2 Å². The lowest BCUT2D eigenvalue weighted by Gasteiger charge is -2.45. The van der Waals surface area contributed by atoms with Gasteiger partial charge in [0.05, 0.1) is 0 Å². The van der Waals surface area contributed by atoms with Crippen LogP contribution in [0.4, 0.5) is 34.3 Å². The van der Waals surface area contributed by atoms with Gasteiger partial charge >= 0.3 is 0 Å². The molecule has 0 N–H and O–H groups in total. The zero-order valence-electron chi connectivity index (χ0n) is 42.6. The summed E-state index contributed by atoms with van der Waals surface area (Å²) in [6, 6.07) is 32.3. The summed E-state index contributed by atoms with van der Waals surface area (Å²) < 4.78 is 7.56. The summed E-state index contributed by atoms with van der Waals surface area (Å²) in [4.78, 5) is 5.18. The minimum absolute atomic E-state index is 0.0274. The number of anilines is 6. The molecule has 3 aliphatic carbocycles. The molecule has 4 heteroatoms. The molecular weight excluding hydrogens is 787 g/mol. The highest BCUT2D eigenvalue weighted by Gasteiger charge is 2.49. The molecule has 0 fully saturated rings. The Bertz CT molecular complexity index is 3020. The van der Waals surface area contributed by atoms with E-state index >= 15 is 0 Å². The summed E-state index contributed by atoms with van der Waals surface area (Å²) >= 11 is 0. The van der Waals surface area contributed by atoms with Gasteiger partial charge in [-0.05, 0) is 193 Å². The number of nitrogens with zero attached hydrogens (tertiary/aromatic N) is 2. The van der Waals surface area contributed by atoms with Gasteiger partial charge in [-0.1, -0.05) is 128 Å². The van der Waals surface area contributed by atoms with Crippen molar-refractivity contribution in [3.63, 3.8) is 0 Å². The SMILES string of the molecule is Cc1cc2c3c(c1)N(c1ccc4c(c1)C(C)(C)CCC4(C)C)c1oc4cc5c(cc4c1B3c1cc(C(C)(C)C)ccc1N2c1ccc2c(c1)C(C)(C)CCC2(C)C)C(C)(C)CCC5(C)C. The fourth-order valence-corrected chi connectivity index (χ4v) is 13.2. The maximum absolute atomic E-state index is 7.56. The number of benzene rings is 5. The zero-order chi connectivity index (χ0) is 46.3. The van der Waals surface area contributed by atoms with Gasteiger partial charge in [0.15, 0.2) is 0 Å². The monoisotopic (exact) mass is 861 g/mol. The highest BCUT2D eigenvalue weighted by molar-refractivity contribution is 7.01. The van der Waals surface area contributed by atoms with Crippen LogP contribution in [0.15, 0.2) is 83.3 Å². The Balaban J connectivity index is 1.26. The number of hydrogen-bond donors (Lipinski definition) is 0. The number of aryl methyl sites for hydroxylation is 1. The first-order valence-electron chi connectivity index (χ1n) is 25.0. The van der Waals surface area contributed by atoms with Crippen LogP contribution in [0.5, 0.6) is 0 Å². The Labute approximate surface area is 391 Å². The molecule has 1 aromatic heterocycles. The van der Waals surface area contributed by atoms with Crippen molar-refractivity contribution in [1.29, 1.82) is 0 Å². The van der Waals surface area contributed by atoms with Crippen molar-refractivity contribution in [3.05, 3.63) is 123 Å². The summed E-state index contributed by atoms with van der Waals surface area (Å²) in [6.45, 7) is 38.7. The predicted octanol–water partition coefficient (Wildman–Crippen LogP) is 15.2. The summed E-state index contributed by atoms with van der Waals surface area (Å²) in [5.41, 5.74) is 23.2. The van der Waals surface area contributed by atoms with Crippen molar-refractivity contribution in [3.8, 4) is 0 Å². The number of rotatable bonds is 2. The lowest BCUT2D eigenvalue weighted by molar-refractivity contribution is 0.332. The predicted molar refractivity (Wildman–Crippen MR) is 280 cm³/mol. The van der Waals surface area contributed by atoms with Gasteiger partial charge in [0.25, 0.3) is 6.71 Å². The van der Waals surface area contributed by atoms with E-state index in [1.807, 2.05) is 0 Å². The summed E-state index contributed by atoms with van der Waals surface area (Å²) in [5, 5.41) is 1.26. The van der Waals surface area contributed by atoms with Crippen molar-refractivity contribution in [1.82, 2.24) is 0 Å². The average molecular weight is 861 g/mol. The molecule has 336 valence electrons. The molecule has 0 amide bonds. The van der Waals surface area contributed by atoms with Crippen LogP contribution in [-0.2, 0) is 37.9 Å². The quantitative estimate of drug-likeness (QED) is 0.161. The summed E-state index contributed by atoms with van der Waals surface area (Å²) in [6.07, 6.45) is 7.08. The van der Waals surface area contributed by atoms with E-state index in [-0.39, 0.29) is 44.6 Å². The average Bonchev–Trinajstić information content (AvgIpc) is 3.60. The molecule has 11 rings (SSSR count). The Morgan fingerprint density at radius 3 is 1.42 bits per heavy atom. The van der Waals surface area contributed by atoms with Gasteiger partial charge in [-0.2, -0.15) is 0 Å². The van der Waals surface area contributed by atoms with Crippen molar-refractivity contribution in [2.75, 3.05) is 9.80 Å². The second kappa shape index (κ2) is 13.3. The lowest BCUT2D eigenvalue weighted by atomic mass is 9.33. The van der Waals surface area contributed by atoms with E-state index in [1.165, 1.54) is 133 Å². The minimum Gasteiger partial charge on any atom is -0.440 e. The molecule has 3 heterocycles. The molecule has 0 saturated heterocycles. The first kappa shape index (κ1) is 42.9. The summed E-state index contributed by atoms with van der Waals surface area (Å²) in [5.74, 6) is 0.971. The highest BCUT2D eigenvalue weighted by atomic mass is 16.4. The molecule has 0 spiro atoms. The van der Waals surface area contributed by atoms with E-state index in [9.17, 15) is 0 Å². The van der Waals surface area contributed by atoms with E-state index < -0.39 is 0 Å². The topological polar surface area (TPSA) is 19.6 Å². The van der Waals surface area contributed by atoms with Crippen molar-refractivity contribution in [2.24, 2.45) is 0 Å². The van der Waals surface area contributed by atoms with Gasteiger partial charge in [-0.25, -0.2) is 0 Å². The van der Waals surface area contributed by atoms with Crippen molar-refractivity contribution >= 4 is 68.4 Å². The second-order valence-corrected chi connectivity index (χ2v) is 26.3. The third-order valence-corrected chi connectivity index (χ3v) is 17.9. The molecule has 0 atom stereocenters. The minimum atomic E-state index is -0.0297. The van der Waals surface area contributed by atoms with Crippen LogP contribution in [0, 0.1) is 6.92 Å². The van der Waals surface area contributed by atoms with E-state index in [0.29, 0.717) is 0 Å². The molecule has 0 unspecified atom stereocenters. The van der Waals surface area contributed by atoms with Crippen LogP contribution in [0.1, 0.15) is 187 Å². The Kier molecular flexibility index (Phi) is 8.75.